The molecule has 0 amide bonds. The second-order valence-corrected chi connectivity index (χ2v) is 3.90. The van der Waals surface area contributed by atoms with E-state index in [1.165, 1.54) is 0 Å². The molecule has 0 aromatic heterocycles. The Morgan fingerprint density at radius 3 is 1.78 bits per heavy atom. The lowest BCUT2D eigenvalue weighted by Gasteiger charge is -2.07. The average molecular weight is 265 g/mol. The van der Waals surface area contributed by atoms with Crippen LogP contribution in [0, 0.1) is 0 Å². The molecular weight excluding hydrogens is 248 g/mol. The molecule has 0 fully saturated rings. The van der Waals surface area contributed by atoms with E-state index in [1.807, 2.05) is 43.3 Å². The van der Waals surface area contributed by atoms with Crippen LogP contribution < -0.4 is 9.47 Å². The Morgan fingerprint density at radius 1 is 0.833 bits per heavy atom. The number of rotatable bonds is 4. The van der Waals surface area contributed by atoms with Gasteiger partial charge in [-0.25, -0.2) is 0 Å². The van der Waals surface area contributed by atoms with Gasteiger partial charge in [0, 0.05) is 5.02 Å². The van der Waals surface area contributed by atoms with E-state index in [2.05, 4.69) is 0 Å². The minimum atomic E-state index is 0. The van der Waals surface area contributed by atoms with Gasteiger partial charge < -0.3 is 9.47 Å². The largest absolute Gasteiger partial charge is 0.494 e. The van der Waals surface area contributed by atoms with E-state index >= 15 is 0 Å². The molecule has 0 bridgehead atoms. The molecule has 2 aromatic rings. The Morgan fingerprint density at radius 2 is 1.28 bits per heavy atom. The maximum absolute atomic E-state index is 5.80. The van der Waals surface area contributed by atoms with E-state index in [0.717, 1.165) is 17.2 Å². The Balaban J connectivity index is 0.00000162. The van der Waals surface area contributed by atoms with Gasteiger partial charge in [-0.15, -0.1) is 0 Å². The topological polar surface area (TPSA) is 18.5 Å². The number of ether oxygens (including phenoxy) is 2. The molecule has 0 saturated carbocycles. The quantitative estimate of drug-likeness (QED) is 0.759. The fourth-order valence-corrected chi connectivity index (χ4v) is 1.54. The summed E-state index contributed by atoms with van der Waals surface area (Å²) in [5.74, 6) is 2.38. The van der Waals surface area contributed by atoms with E-state index in [9.17, 15) is 0 Å². The number of halogens is 1. The molecule has 2 aromatic carbocycles. The SMILES string of the molecule is C.CCOc1ccc(Oc2ccc(Cl)cc2)cc1. The smallest absolute Gasteiger partial charge is 0.127 e. The van der Waals surface area contributed by atoms with E-state index in [1.54, 1.807) is 12.1 Å². The molecule has 3 heteroatoms. The molecule has 0 aliphatic heterocycles. The summed E-state index contributed by atoms with van der Waals surface area (Å²) in [6, 6.07) is 14.8. The van der Waals surface area contributed by atoms with Crippen molar-refractivity contribution in [3.05, 3.63) is 53.6 Å². The first kappa shape index (κ1) is 14.4. The number of hydrogen-bond acceptors (Lipinski definition) is 2. The van der Waals surface area contributed by atoms with Crippen molar-refractivity contribution in [2.24, 2.45) is 0 Å². The van der Waals surface area contributed by atoms with Gasteiger partial charge in [0.15, 0.2) is 0 Å². The Bertz CT molecular complexity index is 463. The van der Waals surface area contributed by atoms with Gasteiger partial charge in [0.05, 0.1) is 6.61 Å². The second kappa shape index (κ2) is 6.92. The minimum Gasteiger partial charge on any atom is -0.494 e. The lowest BCUT2D eigenvalue weighted by molar-refractivity contribution is 0.339. The van der Waals surface area contributed by atoms with Crippen LogP contribution in [0.1, 0.15) is 14.4 Å². The van der Waals surface area contributed by atoms with Crippen LogP contribution in [0.15, 0.2) is 48.5 Å². The molecule has 0 aliphatic carbocycles. The van der Waals surface area contributed by atoms with Crippen molar-refractivity contribution < 1.29 is 9.47 Å². The second-order valence-electron chi connectivity index (χ2n) is 3.46. The van der Waals surface area contributed by atoms with Crippen molar-refractivity contribution in [3.8, 4) is 17.2 Å². The van der Waals surface area contributed by atoms with Crippen LogP contribution in [-0.2, 0) is 0 Å². The maximum atomic E-state index is 5.80. The zero-order valence-electron chi connectivity index (χ0n) is 9.52. The molecule has 0 saturated heterocycles. The van der Waals surface area contributed by atoms with Gasteiger partial charge in [0.1, 0.15) is 17.2 Å². The number of hydrogen-bond donors (Lipinski definition) is 0. The molecule has 0 aliphatic rings. The predicted octanol–water partition coefficient (Wildman–Crippen LogP) is 5.17. The van der Waals surface area contributed by atoms with Gasteiger partial charge in [-0.2, -0.15) is 0 Å². The van der Waals surface area contributed by atoms with Crippen molar-refractivity contribution in [2.45, 2.75) is 14.4 Å². The summed E-state index contributed by atoms with van der Waals surface area (Å²) in [7, 11) is 0. The molecule has 18 heavy (non-hydrogen) atoms. The third-order valence-electron chi connectivity index (χ3n) is 2.18. The fraction of sp³-hybridized carbons (Fsp3) is 0.200. The molecule has 0 unspecified atom stereocenters. The fourth-order valence-electron chi connectivity index (χ4n) is 1.41. The van der Waals surface area contributed by atoms with Crippen LogP contribution in [0.5, 0.6) is 17.2 Å². The molecule has 0 atom stereocenters. The normalized spacial score (nSPS) is 9.44. The van der Waals surface area contributed by atoms with Crippen LogP contribution in [0.4, 0.5) is 0 Å². The molecule has 0 spiro atoms. The summed E-state index contributed by atoms with van der Waals surface area (Å²) in [5.41, 5.74) is 0. The highest BCUT2D eigenvalue weighted by Gasteiger charge is 1.98. The van der Waals surface area contributed by atoms with Gasteiger partial charge >= 0.3 is 0 Å². The Kier molecular flexibility index (Phi) is 5.53. The molecule has 2 rings (SSSR count). The van der Waals surface area contributed by atoms with E-state index in [-0.39, 0.29) is 7.43 Å². The standard InChI is InChI=1S/C14H13ClO2.CH4/c1-2-16-12-7-9-14(10-8-12)17-13-5-3-11(15)4-6-13;/h3-10H,2H2,1H3;1H4. The molecular formula is C15H17ClO2. The zero-order valence-corrected chi connectivity index (χ0v) is 10.3. The molecule has 0 N–H and O–H groups in total. The zero-order chi connectivity index (χ0) is 12.1. The predicted molar refractivity (Wildman–Crippen MR) is 75.9 cm³/mol. The average Bonchev–Trinajstić information content (AvgIpc) is 2.35. The third kappa shape index (κ3) is 3.97. The van der Waals surface area contributed by atoms with Crippen LogP contribution in [0.2, 0.25) is 5.02 Å². The lowest BCUT2D eigenvalue weighted by Crippen LogP contribution is -1.91. The van der Waals surface area contributed by atoms with Gasteiger partial charge in [-0.3, -0.25) is 0 Å². The van der Waals surface area contributed by atoms with Crippen LogP contribution in [-0.4, -0.2) is 6.61 Å². The van der Waals surface area contributed by atoms with Crippen molar-refractivity contribution in [3.63, 3.8) is 0 Å². The van der Waals surface area contributed by atoms with Gasteiger partial charge in [0.2, 0.25) is 0 Å². The highest BCUT2D eigenvalue weighted by atomic mass is 35.5. The first-order valence-electron chi connectivity index (χ1n) is 5.44. The van der Waals surface area contributed by atoms with Gasteiger partial charge in [-0.05, 0) is 55.5 Å². The summed E-state index contributed by atoms with van der Waals surface area (Å²) < 4.78 is 11.0. The van der Waals surface area contributed by atoms with Crippen LogP contribution >= 0.6 is 11.6 Å². The maximum Gasteiger partial charge on any atom is 0.127 e. The molecule has 0 radical (unpaired) electrons. The third-order valence-corrected chi connectivity index (χ3v) is 2.44. The first-order chi connectivity index (χ1) is 8.28. The first-order valence-corrected chi connectivity index (χ1v) is 5.82. The monoisotopic (exact) mass is 264 g/mol. The van der Waals surface area contributed by atoms with Crippen molar-refractivity contribution in [1.82, 2.24) is 0 Å². The van der Waals surface area contributed by atoms with Crippen molar-refractivity contribution in [2.75, 3.05) is 6.61 Å². The minimum absolute atomic E-state index is 0. The van der Waals surface area contributed by atoms with E-state index in [0.29, 0.717) is 11.6 Å². The van der Waals surface area contributed by atoms with Crippen LogP contribution in [0.3, 0.4) is 0 Å². The van der Waals surface area contributed by atoms with Crippen molar-refractivity contribution >= 4 is 11.6 Å². The van der Waals surface area contributed by atoms with E-state index < -0.39 is 0 Å². The van der Waals surface area contributed by atoms with Gasteiger partial charge in [0.25, 0.3) is 0 Å². The summed E-state index contributed by atoms with van der Waals surface area (Å²) in [6.07, 6.45) is 0. The number of benzene rings is 2. The van der Waals surface area contributed by atoms with Crippen molar-refractivity contribution in [1.29, 1.82) is 0 Å². The highest BCUT2D eigenvalue weighted by Crippen LogP contribution is 2.24. The molecule has 2 nitrogen and oxygen atoms in total. The Labute approximate surface area is 113 Å². The molecule has 0 heterocycles. The summed E-state index contributed by atoms with van der Waals surface area (Å²) in [6.45, 7) is 2.62. The summed E-state index contributed by atoms with van der Waals surface area (Å²) in [4.78, 5) is 0. The van der Waals surface area contributed by atoms with Gasteiger partial charge in [-0.1, -0.05) is 19.0 Å². The van der Waals surface area contributed by atoms with Crippen LogP contribution in [0.25, 0.3) is 0 Å². The molecule has 96 valence electrons. The summed E-state index contributed by atoms with van der Waals surface area (Å²) in [5, 5.41) is 0.698. The summed E-state index contributed by atoms with van der Waals surface area (Å²) >= 11 is 5.80. The lowest BCUT2D eigenvalue weighted by atomic mass is 10.3. The Hall–Kier alpha value is -1.67. The highest BCUT2D eigenvalue weighted by molar-refractivity contribution is 6.30. The van der Waals surface area contributed by atoms with E-state index in [4.69, 9.17) is 21.1 Å².